The second kappa shape index (κ2) is 8.48. The van der Waals surface area contributed by atoms with Crippen LogP contribution in [0.4, 0.5) is 0 Å². The number of carbonyl (C=O) groups is 1. The molecule has 3 heteroatoms. The maximum absolute atomic E-state index is 12.9. The quantitative estimate of drug-likeness (QED) is 0.794. The van der Waals surface area contributed by atoms with Gasteiger partial charge in [-0.05, 0) is 60.9 Å². The van der Waals surface area contributed by atoms with E-state index in [1.54, 1.807) is 0 Å². The summed E-state index contributed by atoms with van der Waals surface area (Å²) < 4.78 is 0. The Kier molecular flexibility index (Phi) is 6.24. The summed E-state index contributed by atoms with van der Waals surface area (Å²) in [4.78, 5) is 15.0. The van der Waals surface area contributed by atoms with Crippen molar-refractivity contribution in [2.24, 2.45) is 0 Å². The van der Waals surface area contributed by atoms with E-state index < -0.39 is 0 Å². The zero-order valence-corrected chi connectivity index (χ0v) is 18.0. The summed E-state index contributed by atoms with van der Waals surface area (Å²) in [6.07, 6.45) is 3.27. The molecule has 150 valence electrons. The number of nitrogens with one attached hydrogen (secondary N) is 1. The highest BCUT2D eigenvalue weighted by Gasteiger charge is 2.25. The molecule has 0 saturated heterocycles. The number of hydrogen-bond donors (Lipinski definition) is 1. The Labute approximate surface area is 170 Å². The number of carbonyl (C=O) groups excluding carboxylic acids is 1. The first-order valence-corrected chi connectivity index (χ1v) is 10.4. The first-order chi connectivity index (χ1) is 13.3. The van der Waals surface area contributed by atoms with Crippen molar-refractivity contribution in [3.63, 3.8) is 0 Å². The standard InChI is InChI=1S/C25H34N2O/c1-18(27(5)17-19-13-15-21(16-14-19)25(2,3)4)24(28)26-23-12-8-10-20-9-6-7-11-22(20)23/h6-7,9,11,13-16,18,23H,8,10,12,17H2,1-5H3,(H,26,28)/t18-,23+/m0/s1. The number of benzene rings is 2. The van der Waals surface area contributed by atoms with Gasteiger partial charge in [0.05, 0.1) is 12.1 Å². The van der Waals surface area contributed by atoms with Gasteiger partial charge in [0.1, 0.15) is 0 Å². The molecule has 2 atom stereocenters. The van der Waals surface area contributed by atoms with Gasteiger partial charge >= 0.3 is 0 Å². The number of rotatable bonds is 5. The number of nitrogens with zero attached hydrogens (tertiary/aromatic N) is 1. The topological polar surface area (TPSA) is 32.3 Å². The molecule has 28 heavy (non-hydrogen) atoms. The molecule has 1 aliphatic carbocycles. The predicted molar refractivity (Wildman–Crippen MR) is 116 cm³/mol. The van der Waals surface area contributed by atoms with Gasteiger partial charge in [-0.1, -0.05) is 69.3 Å². The summed E-state index contributed by atoms with van der Waals surface area (Å²) in [7, 11) is 2.02. The van der Waals surface area contributed by atoms with Crippen LogP contribution in [-0.4, -0.2) is 23.9 Å². The first-order valence-electron chi connectivity index (χ1n) is 10.4. The van der Waals surface area contributed by atoms with Crippen LogP contribution in [-0.2, 0) is 23.2 Å². The second-order valence-corrected chi connectivity index (χ2v) is 9.19. The smallest absolute Gasteiger partial charge is 0.237 e. The van der Waals surface area contributed by atoms with Gasteiger partial charge in [0.25, 0.3) is 0 Å². The van der Waals surface area contributed by atoms with Crippen LogP contribution < -0.4 is 5.32 Å². The Morgan fingerprint density at radius 1 is 1.14 bits per heavy atom. The average molecular weight is 379 g/mol. The van der Waals surface area contributed by atoms with Gasteiger partial charge in [-0.3, -0.25) is 9.69 Å². The number of hydrogen-bond acceptors (Lipinski definition) is 2. The van der Waals surface area contributed by atoms with Gasteiger partial charge in [-0.25, -0.2) is 0 Å². The fourth-order valence-corrected chi connectivity index (χ4v) is 3.93. The summed E-state index contributed by atoms with van der Waals surface area (Å²) in [6, 6.07) is 17.2. The minimum Gasteiger partial charge on any atom is -0.348 e. The SMILES string of the molecule is C[C@@H](C(=O)N[C@@H]1CCCc2ccccc21)N(C)Cc1ccc(C(C)(C)C)cc1. The van der Waals surface area contributed by atoms with Crippen LogP contribution in [0.3, 0.4) is 0 Å². The lowest BCUT2D eigenvalue weighted by Crippen LogP contribution is -2.44. The van der Waals surface area contributed by atoms with E-state index in [2.05, 4.69) is 79.5 Å². The zero-order chi connectivity index (χ0) is 20.3. The van der Waals surface area contributed by atoms with Crippen molar-refractivity contribution >= 4 is 5.91 Å². The fraction of sp³-hybridized carbons (Fsp3) is 0.480. The molecule has 3 nitrogen and oxygen atoms in total. The molecule has 2 aromatic carbocycles. The highest BCUT2D eigenvalue weighted by Crippen LogP contribution is 2.29. The highest BCUT2D eigenvalue weighted by atomic mass is 16.2. The molecule has 2 aromatic rings. The maximum Gasteiger partial charge on any atom is 0.237 e. The van der Waals surface area contributed by atoms with Gasteiger partial charge < -0.3 is 5.32 Å². The van der Waals surface area contributed by atoms with E-state index in [4.69, 9.17) is 0 Å². The molecule has 0 bridgehead atoms. The van der Waals surface area contributed by atoms with Crippen LogP contribution in [0.15, 0.2) is 48.5 Å². The summed E-state index contributed by atoms with van der Waals surface area (Å²) in [6.45, 7) is 9.44. The highest BCUT2D eigenvalue weighted by molar-refractivity contribution is 5.81. The molecule has 0 saturated carbocycles. The van der Waals surface area contributed by atoms with E-state index in [1.165, 1.54) is 22.3 Å². The van der Waals surface area contributed by atoms with E-state index >= 15 is 0 Å². The molecule has 0 aliphatic heterocycles. The van der Waals surface area contributed by atoms with Gasteiger partial charge in [0.2, 0.25) is 5.91 Å². The van der Waals surface area contributed by atoms with Crippen LogP contribution in [0.2, 0.25) is 0 Å². The van der Waals surface area contributed by atoms with Crippen LogP contribution >= 0.6 is 0 Å². The van der Waals surface area contributed by atoms with E-state index in [0.717, 1.165) is 25.8 Å². The molecular formula is C25H34N2O. The third-order valence-corrected chi connectivity index (χ3v) is 5.98. The summed E-state index contributed by atoms with van der Waals surface area (Å²) in [5, 5.41) is 3.29. The van der Waals surface area contributed by atoms with Crippen LogP contribution in [0, 0.1) is 0 Å². The third kappa shape index (κ3) is 4.82. The Morgan fingerprint density at radius 3 is 2.50 bits per heavy atom. The van der Waals surface area contributed by atoms with E-state index in [9.17, 15) is 4.79 Å². The van der Waals surface area contributed by atoms with Crippen molar-refractivity contribution in [2.45, 2.75) is 71.0 Å². The maximum atomic E-state index is 12.9. The normalized spacial score (nSPS) is 17.9. The van der Waals surface area contributed by atoms with E-state index in [1.807, 2.05) is 14.0 Å². The zero-order valence-electron chi connectivity index (χ0n) is 18.0. The molecule has 0 spiro atoms. The van der Waals surface area contributed by atoms with Crippen LogP contribution in [0.25, 0.3) is 0 Å². The molecule has 0 aromatic heterocycles. The molecule has 3 rings (SSSR count). The summed E-state index contributed by atoms with van der Waals surface area (Å²) in [5.74, 6) is 0.107. The molecule has 0 fully saturated rings. The van der Waals surface area contributed by atoms with Crippen molar-refractivity contribution in [2.75, 3.05) is 7.05 Å². The third-order valence-electron chi connectivity index (χ3n) is 5.98. The molecule has 1 aliphatic rings. The molecule has 0 heterocycles. The average Bonchev–Trinajstić information content (AvgIpc) is 2.67. The molecule has 1 N–H and O–H groups in total. The van der Waals surface area contributed by atoms with Gasteiger partial charge in [0, 0.05) is 6.54 Å². The Balaban J connectivity index is 1.60. The number of aryl methyl sites for hydroxylation is 1. The van der Waals surface area contributed by atoms with Crippen molar-refractivity contribution < 1.29 is 4.79 Å². The van der Waals surface area contributed by atoms with Gasteiger partial charge in [-0.15, -0.1) is 0 Å². The molecule has 0 radical (unpaired) electrons. The van der Waals surface area contributed by atoms with E-state index in [0.29, 0.717) is 0 Å². The van der Waals surface area contributed by atoms with Crippen LogP contribution in [0.5, 0.6) is 0 Å². The predicted octanol–water partition coefficient (Wildman–Crippen LogP) is 5.00. The lowest BCUT2D eigenvalue weighted by atomic mass is 9.86. The number of amides is 1. The largest absolute Gasteiger partial charge is 0.348 e. The molecule has 0 unspecified atom stereocenters. The summed E-state index contributed by atoms with van der Waals surface area (Å²) in [5.41, 5.74) is 5.39. The summed E-state index contributed by atoms with van der Waals surface area (Å²) >= 11 is 0. The fourth-order valence-electron chi connectivity index (χ4n) is 3.93. The lowest BCUT2D eigenvalue weighted by Gasteiger charge is -2.30. The Hall–Kier alpha value is -2.13. The van der Waals surface area contributed by atoms with Gasteiger partial charge in [0.15, 0.2) is 0 Å². The van der Waals surface area contributed by atoms with Crippen molar-refractivity contribution in [1.82, 2.24) is 10.2 Å². The van der Waals surface area contributed by atoms with Crippen LogP contribution in [0.1, 0.15) is 68.8 Å². The van der Waals surface area contributed by atoms with Crippen molar-refractivity contribution in [1.29, 1.82) is 0 Å². The van der Waals surface area contributed by atoms with Crippen molar-refractivity contribution in [3.8, 4) is 0 Å². The minimum atomic E-state index is -0.170. The molecular weight excluding hydrogens is 344 g/mol. The Morgan fingerprint density at radius 2 is 1.82 bits per heavy atom. The number of likely N-dealkylation sites (N-methyl/N-ethyl adjacent to an activating group) is 1. The van der Waals surface area contributed by atoms with E-state index in [-0.39, 0.29) is 23.4 Å². The Bertz CT molecular complexity index is 804. The lowest BCUT2D eigenvalue weighted by molar-refractivity contribution is -0.126. The van der Waals surface area contributed by atoms with Crippen molar-refractivity contribution in [3.05, 3.63) is 70.8 Å². The first kappa shape index (κ1) is 20.6. The van der Waals surface area contributed by atoms with Gasteiger partial charge in [-0.2, -0.15) is 0 Å². The monoisotopic (exact) mass is 378 g/mol. The minimum absolute atomic E-state index is 0.107. The second-order valence-electron chi connectivity index (χ2n) is 9.19. The number of fused-ring (bicyclic) bond motifs is 1. The molecule has 1 amide bonds.